The second-order valence-electron chi connectivity index (χ2n) is 4.37. The number of hydrogen-bond donors (Lipinski definition) is 1. The summed E-state index contributed by atoms with van der Waals surface area (Å²) in [5.74, 6) is -1.12. The summed E-state index contributed by atoms with van der Waals surface area (Å²) in [6.45, 7) is 8.03. The third-order valence-corrected chi connectivity index (χ3v) is 2.65. The molecule has 2 aromatic rings. The number of hydrogen-bond acceptors (Lipinski definition) is 8. The molecule has 0 aromatic carbocycles. The minimum Gasteiger partial charge on any atom is -0.375 e. The van der Waals surface area contributed by atoms with E-state index in [1.54, 1.807) is 17.1 Å². The van der Waals surface area contributed by atoms with E-state index in [9.17, 15) is 9.59 Å². The largest absolute Gasteiger partial charge is 0.462 e. The van der Waals surface area contributed by atoms with Crippen LogP contribution in [0.4, 0.5) is 11.9 Å². The van der Waals surface area contributed by atoms with Crippen LogP contribution >= 0.6 is 0 Å². The van der Waals surface area contributed by atoms with Crippen LogP contribution in [0.2, 0.25) is 0 Å². The van der Waals surface area contributed by atoms with Gasteiger partial charge in [-0.15, -0.1) is 18.1 Å². The molecule has 0 atom stereocenters. The molecule has 10 nitrogen and oxygen atoms in total. The van der Waals surface area contributed by atoms with E-state index in [2.05, 4.69) is 33.4 Å². The van der Waals surface area contributed by atoms with Gasteiger partial charge in [-0.1, -0.05) is 16.7 Å². The lowest BCUT2D eigenvalue weighted by atomic mass is 10.4. The van der Waals surface area contributed by atoms with Gasteiger partial charge in [0, 0.05) is 20.2 Å². The van der Waals surface area contributed by atoms with Gasteiger partial charge in [-0.05, 0) is 0 Å². The number of carbonyl (C=O) groups excluding carboxylic acids is 1. The van der Waals surface area contributed by atoms with Gasteiger partial charge < -0.3 is 14.2 Å². The van der Waals surface area contributed by atoms with E-state index in [1.165, 1.54) is 7.11 Å². The lowest BCUT2D eigenvalue weighted by Crippen LogP contribution is -2.27. The zero-order valence-electron chi connectivity index (χ0n) is 12.6. The van der Waals surface area contributed by atoms with Gasteiger partial charge in [0.15, 0.2) is 0 Å². The minimum atomic E-state index is -0.849. The molecule has 122 valence electrons. The number of carbonyl (C=O) groups is 1. The van der Waals surface area contributed by atoms with E-state index < -0.39 is 11.7 Å². The average molecular weight is 320 g/mol. The molecule has 0 bridgehead atoms. The normalized spacial score (nSPS) is 10.5. The molecule has 0 aliphatic carbocycles. The molecule has 0 unspecified atom stereocenters. The molecule has 0 fully saturated rings. The molecule has 1 amide bonds. The van der Waals surface area contributed by atoms with Gasteiger partial charge in [0.1, 0.15) is 6.61 Å². The highest BCUT2D eigenvalue weighted by Gasteiger charge is 2.17. The molecule has 2 heterocycles. The summed E-state index contributed by atoms with van der Waals surface area (Å²) in [5.41, 5.74) is 0. The van der Waals surface area contributed by atoms with Crippen LogP contribution in [0.1, 0.15) is 0 Å². The van der Waals surface area contributed by atoms with Crippen molar-refractivity contribution < 1.29 is 14.1 Å². The Balaban J connectivity index is 2.49. The zero-order valence-corrected chi connectivity index (χ0v) is 12.6. The molecule has 2 aromatic heterocycles. The topological polar surface area (TPSA) is 115 Å². The van der Waals surface area contributed by atoms with E-state index >= 15 is 0 Å². The van der Waals surface area contributed by atoms with Crippen molar-refractivity contribution in [3.05, 3.63) is 35.9 Å². The van der Waals surface area contributed by atoms with Gasteiger partial charge in [0.2, 0.25) is 5.95 Å². The second kappa shape index (κ2) is 7.31. The number of amides is 1. The van der Waals surface area contributed by atoms with Crippen molar-refractivity contribution in [2.75, 3.05) is 37.0 Å². The Morgan fingerprint density at radius 1 is 1.35 bits per heavy atom. The van der Waals surface area contributed by atoms with Crippen molar-refractivity contribution >= 4 is 23.6 Å². The molecule has 2 rings (SSSR count). The van der Waals surface area contributed by atoms with E-state index in [0.29, 0.717) is 13.1 Å². The molecular weight excluding hydrogens is 304 g/mol. The first-order chi connectivity index (χ1) is 11.1. The maximum Gasteiger partial charge on any atom is 0.462 e. The smallest absolute Gasteiger partial charge is 0.375 e. The van der Waals surface area contributed by atoms with E-state index in [-0.39, 0.29) is 24.3 Å². The van der Waals surface area contributed by atoms with Crippen LogP contribution < -0.4 is 16.0 Å². The lowest BCUT2D eigenvalue weighted by Gasteiger charge is -2.19. The number of anilines is 2. The fourth-order valence-electron chi connectivity index (χ4n) is 1.79. The lowest BCUT2D eigenvalue weighted by molar-refractivity contribution is -0.119. The maximum absolute atomic E-state index is 11.7. The Morgan fingerprint density at radius 3 is 2.65 bits per heavy atom. The van der Waals surface area contributed by atoms with Crippen LogP contribution in [0.3, 0.4) is 0 Å². The predicted molar refractivity (Wildman–Crippen MR) is 82.4 cm³/mol. The number of nitrogens with one attached hydrogen (secondary N) is 1. The first kappa shape index (κ1) is 16.4. The van der Waals surface area contributed by atoms with Crippen molar-refractivity contribution in [3.63, 3.8) is 0 Å². The predicted octanol–water partition coefficient (Wildman–Crippen LogP) is -0.159. The standard InChI is InChI=1S/C13H16N6O4/c1-4-6-18(7-5-2)10-15-11(14-9(20)8-22-3)19-12(16-10)17-13(21)23-19/h4-5H,1-2,6-8H2,3H3,(H,14,15,16,17,20,21). The third kappa shape index (κ3) is 3.80. The summed E-state index contributed by atoms with van der Waals surface area (Å²) < 4.78 is 10.5. The fraction of sp³-hybridized carbons (Fsp3) is 0.308. The van der Waals surface area contributed by atoms with E-state index in [1.807, 2.05) is 0 Å². The molecular formula is C13H16N6O4. The Morgan fingerprint density at radius 2 is 2.04 bits per heavy atom. The van der Waals surface area contributed by atoms with Crippen LogP contribution in [0.25, 0.3) is 5.78 Å². The first-order valence-corrected chi connectivity index (χ1v) is 6.62. The highest BCUT2D eigenvalue weighted by Crippen LogP contribution is 2.13. The quantitative estimate of drug-likeness (QED) is 0.667. The minimum absolute atomic E-state index is 0.0224. The molecule has 10 heteroatoms. The molecule has 1 N–H and O–H groups in total. The van der Waals surface area contributed by atoms with Crippen LogP contribution in [0, 0.1) is 0 Å². The zero-order chi connectivity index (χ0) is 16.8. The van der Waals surface area contributed by atoms with Gasteiger partial charge in [-0.2, -0.15) is 9.97 Å². The van der Waals surface area contributed by atoms with E-state index in [4.69, 9.17) is 9.26 Å². The number of ether oxygens (including phenoxy) is 1. The SMILES string of the molecule is C=CCN(CC=C)c1nc(NC(=O)COC)n2oc(=O)nc2n1. The van der Waals surface area contributed by atoms with Gasteiger partial charge in [-0.3, -0.25) is 10.1 Å². The first-order valence-electron chi connectivity index (χ1n) is 6.62. The van der Waals surface area contributed by atoms with Crippen molar-refractivity contribution in [2.45, 2.75) is 0 Å². The summed E-state index contributed by atoms with van der Waals surface area (Å²) in [7, 11) is 1.38. The van der Waals surface area contributed by atoms with Gasteiger partial charge in [0.05, 0.1) is 0 Å². The molecule has 0 radical (unpaired) electrons. The summed E-state index contributed by atoms with van der Waals surface area (Å²) in [6, 6.07) is 0. The molecule has 23 heavy (non-hydrogen) atoms. The number of aromatic nitrogens is 4. The van der Waals surface area contributed by atoms with Crippen LogP contribution in [-0.4, -0.2) is 52.2 Å². The molecule has 0 spiro atoms. The Labute approximate surface area is 131 Å². The highest BCUT2D eigenvalue weighted by molar-refractivity contribution is 5.90. The summed E-state index contributed by atoms with van der Waals surface area (Å²) >= 11 is 0. The van der Waals surface area contributed by atoms with Crippen molar-refractivity contribution in [1.29, 1.82) is 0 Å². The number of nitrogens with zero attached hydrogens (tertiary/aromatic N) is 5. The van der Waals surface area contributed by atoms with Crippen molar-refractivity contribution in [1.82, 2.24) is 19.5 Å². The maximum atomic E-state index is 11.7. The summed E-state index contributed by atoms with van der Waals surface area (Å²) in [6.07, 6.45) is 3.32. The third-order valence-electron chi connectivity index (χ3n) is 2.65. The summed E-state index contributed by atoms with van der Waals surface area (Å²) in [5, 5.41) is 2.48. The molecule has 0 saturated heterocycles. The summed E-state index contributed by atoms with van der Waals surface area (Å²) in [4.78, 5) is 36.7. The number of fused-ring (bicyclic) bond motifs is 1. The van der Waals surface area contributed by atoms with Crippen molar-refractivity contribution in [3.8, 4) is 0 Å². The second-order valence-corrected chi connectivity index (χ2v) is 4.37. The van der Waals surface area contributed by atoms with Gasteiger partial charge in [0.25, 0.3) is 17.6 Å². The van der Waals surface area contributed by atoms with Crippen molar-refractivity contribution in [2.24, 2.45) is 0 Å². The average Bonchev–Trinajstić information content (AvgIpc) is 2.88. The van der Waals surface area contributed by atoms with Crippen LogP contribution in [0.5, 0.6) is 0 Å². The number of rotatable bonds is 8. The number of methoxy groups -OCH3 is 1. The Hall–Kier alpha value is -3.01. The fourth-order valence-corrected chi connectivity index (χ4v) is 1.79. The van der Waals surface area contributed by atoms with Gasteiger partial charge in [-0.25, -0.2) is 4.79 Å². The molecule has 0 aliphatic heterocycles. The van der Waals surface area contributed by atoms with E-state index in [0.717, 1.165) is 4.57 Å². The van der Waals surface area contributed by atoms with Crippen LogP contribution in [-0.2, 0) is 9.53 Å². The molecule has 0 saturated carbocycles. The highest BCUT2D eigenvalue weighted by atomic mass is 16.5. The van der Waals surface area contributed by atoms with Gasteiger partial charge >= 0.3 is 5.76 Å². The Bertz CT molecular complexity index is 770. The molecule has 0 aliphatic rings. The Kier molecular flexibility index (Phi) is 5.20. The van der Waals surface area contributed by atoms with Crippen LogP contribution in [0.15, 0.2) is 34.6 Å². The monoisotopic (exact) mass is 320 g/mol.